The zero-order chi connectivity index (χ0) is 27.5. The summed E-state index contributed by atoms with van der Waals surface area (Å²) in [7, 11) is -4.07. The Kier molecular flexibility index (Phi) is 10.9. The average molecular weight is 531 g/mol. The zero-order valence-electron chi connectivity index (χ0n) is 24.8. The van der Waals surface area contributed by atoms with Crippen LogP contribution < -0.4 is 5.48 Å². The van der Waals surface area contributed by atoms with Gasteiger partial charge in [-0.1, -0.05) is 47.6 Å². The molecule has 0 saturated carbocycles. The van der Waals surface area contributed by atoms with Crippen LogP contribution in [0.1, 0.15) is 68.7 Å². The minimum Gasteiger partial charge on any atom is -0.444 e. The molecule has 1 rings (SSSR count). The van der Waals surface area contributed by atoms with Crippen molar-refractivity contribution in [3.8, 4) is 0 Å². The minimum absolute atomic E-state index is 0.0644. The monoisotopic (exact) mass is 530 g/mol. The first-order chi connectivity index (χ1) is 15.6. The fraction of sp³-hybridized carbons (Fsp3) is 0.885. The minimum atomic E-state index is -2.07. The third-order valence-corrected chi connectivity index (χ3v) is 16.6. The van der Waals surface area contributed by atoms with Gasteiger partial charge in [0.05, 0.1) is 31.4 Å². The van der Waals surface area contributed by atoms with Gasteiger partial charge in [0.15, 0.2) is 16.6 Å². The number of nitrogens with zero attached hydrogens (tertiary/aromatic N) is 1. The summed E-state index contributed by atoms with van der Waals surface area (Å²) in [6.07, 6.45) is 1.89. The van der Waals surface area contributed by atoms with Crippen molar-refractivity contribution in [3.05, 3.63) is 12.7 Å². The first-order valence-electron chi connectivity index (χ1n) is 12.9. The van der Waals surface area contributed by atoms with Gasteiger partial charge in [-0.25, -0.2) is 4.79 Å². The number of carbonyl (C=O) groups excluding carboxylic acids is 1. The number of hydrogen-bond acceptors (Lipinski definition) is 6. The highest BCUT2D eigenvalue weighted by Crippen LogP contribution is 2.40. The summed E-state index contributed by atoms with van der Waals surface area (Å²) in [5, 5.41) is 0.146. The van der Waals surface area contributed by atoms with Gasteiger partial charge in [-0.05, 0) is 63.5 Å². The topological polar surface area (TPSA) is 69.3 Å². The molecule has 1 heterocycles. The van der Waals surface area contributed by atoms with E-state index in [1.165, 1.54) is 0 Å². The predicted octanol–water partition coefficient (Wildman–Crippen LogP) is 6.48. The van der Waals surface area contributed by atoms with Gasteiger partial charge in [0.2, 0.25) is 0 Å². The number of hydrogen-bond donors (Lipinski definition) is 1. The third kappa shape index (κ3) is 9.59. The van der Waals surface area contributed by atoms with E-state index in [0.29, 0.717) is 26.2 Å². The third-order valence-electron chi connectivity index (χ3n) is 7.55. The van der Waals surface area contributed by atoms with Crippen molar-refractivity contribution >= 4 is 22.7 Å². The summed E-state index contributed by atoms with van der Waals surface area (Å²) < 4.78 is 19.3. The molecule has 1 saturated heterocycles. The molecule has 9 heteroatoms. The van der Waals surface area contributed by atoms with Crippen LogP contribution in [0.5, 0.6) is 0 Å². The maximum Gasteiger partial charge on any atom is 0.410 e. The fourth-order valence-electron chi connectivity index (χ4n) is 3.27. The molecule has 1 N–H and O–H groups in total. The number of piperidine rings is 1. The van der Waals surface area contributed by atoms with Crippen molar-refractivity contribution in [1.29, 1.82) is 0 Å². The summed E-state index contributed by atoms with van der Waals surface area (Å²) in [6.45, 7) is 33.1. The van der Waals surface area contributed by atoms with Crippen molar-refractivity contribution in [2.24, 2.45) is 0 Å². The molecule has 0 unspecified atom stereocenters. The Morgan fingerprint density at radius 1 is 1.00 bits per heavy atom. The Hall–Kier alpha value is -0.716. The highest BCUT2D eigenvalue weighted by atomic mass is 28.4. The molecule has 7 nitrogen and oxygen atoms in total. The number of carbonyl (C=O) groups is 1. The van der Waals surface area contributed by atoms with Crippen LogP contribution in [0.2, 0.25) is 36.3 Å². The van der Waals surface area contributed by atoms with Crippen molar-refractivity contribution in [2.45, 2.75) is 129 Å². The van der Waals surface area contributed by atoms with E-state index in [0.717, 1.165) is 0 Å². The van der Waals surface area contributed by atoms with E-state index >= 15 is 0 Å². The maximum atomic E-state index is 13.3. The molecule has 0 bridgehead atoms. The quantitative estimate of drug-likeness (QED) is 0.159. The lowest BCUT2D eigenvalue weighted by atomic mass is 9.96. The van der Waals surface area contributed by atoms with E-state index in [-0.39, 0.29) is 34.4 Å². The second kappa shape index (κ2) is 11.8. The largest absolute Gasteiger partial charge is 0.444 e. The van der Waals surface area contributed by atoms with E-state index in [2.05, 4.69) is 79.8 Å². The van der Waals surface area contributed by atoms with Crippen LogP contribution in [0.25, 0.3) is 0 Å². The number of rotatable bonds is 9. The van der Waals surface area contributed by atoms with Crippen LogP contribution >= 0.6 is 0 Å². The number of amides is 1. The fourth-order valence-corrected chi connectivity index (χ4v) is 5.69. The lowest BCUT2D eigenvalue weighted by Crippen LogP contribution is -2.63. The first kappa shape index (κ1) is 32.3. The summed E-state index contributed by atoms with van der Waals surface area (Å²) in [5.74, 6) is 0. The smallest absolute Gasteiger partial charge is 0.410 e. The highest BCUT2D eigenvalue weighted by molar-refractivity contribution is 6.74. The second-order valence-electron chi connectivity index (χ2n) is 13.8. The van der Waals surface area contributed by atoms with Crippen LogP contribution in [0.3, 0.4) is 0 Å². The standard InChI is InChI=1S/C26H54N2O5Si2/c1-15-16-30-27-21-18-28(23(29)32-24(2,3)4)20(19-31-34(11,12)25(5,6)7)17-22(21)33-35(13,14)26(8,9)10/h15,20-22,27H,1,16-19H2,2-14H3/t20-,21-,22-/m0/s1. The lowest BCUT2D eigenvalue weighted by Gasteiger charge is -2.48. The molecule has 206 valence electrons. The molecule has 0 aromatic rings. The van der Waals surface area contributed by atoms with Crippen LogP contribution in [0, 0.1) is 0 Å². The molecule has 35 heavy (non-hydrogen) atoms. The normalized spacial score (nSPS) is 22.8. The number of ether oxygens (including phenoxy) is 1. The van der Waals surface area contributed by atoms with Gasteiger partial charge in [-0.3, -0.25) is 4.84 Å². The Balaban J connectivity index is 3.28. The van der Waals surface area contributed by atoms with Gasteiger partial charge in [-0.2, -0.15) is 5.48 Å². The van der Waals surface area contributed by atoms with Gasteiger partial charge in [-0.15, -0.1) is 6.58 Å². The van der Waals surface area contributed by atoms with Gasteiger partial charge in [0, 0.05) is 6.54 Å². The van der Waals surface area contributed by atoms with Crippen molar-refractivity contribution in [3.63, 3.8) is 0 Å². The van der Waals surface area contributed by atoms with Crippen molar-refractivity contribution in [2.75, 3.05) is 19.8 Å². The van der Waals surface area contributed by atoms with Crippen LogP contribution in [0.4, 0.5) is 4.79 Å². The summed E-state index contributed by atoms with van der Waals surface area (Å²) >= 11 is 0. The van der Waals surface area contributed by atoms with Crippen molar-refractivity contribution in [1.82, 2.24) is 10.4 Å². The Morgan fingerprint density at radius 3 is 2.00 bits per heavy atom. The van der Waals surface area contributed by atoms with E-state index < -0.39 is 22.2 Å². The molecule has 0 aliphatic carbocycles. The summed E-state index contributed by atoms with van der Waals surface area (Å²) in [5.41, 5.74) is 2.57. The number of hydroxylamine groups is 1. The van der Waals surface area contributed by atoms with Crippen LogP contribution in [-0.4, -0.2) is 71.2 Å². The van der Waals surface area contributed by atoms with E-state index in [4.69, 9.17) is 18.4 Å². The van der Waals surface area contributed by atoms with E-state index in [9.17, 15) is 4.79 Å². The number of likely N-dealkylation sites (tertiary alicyclic amines) is 1. The molecular weight excluding hydrogens is 476 g/mol. The second-order valence-corrected chi connectivity index (χ2v) is 23.4. The van der Waals surface area contributed by atoms with Gasteiger partial charge in [0.25, 0.3) is 0 Å². The van der Waals surface area contributed by atoms with E-state index in [1.807, 2.05) is 20.8 Å². The molecule has 3 atom stereocenters. The van der Waals surface area contributed by atoms with Gasteiger partial charge < -0.3 is 18.5 Å². The lowest BCUT2D eigenvalue weighted by molar-refractivity contribution is -0.0652. The predicted molar refractivity (Wildman–Crippen MR) is 150 cm³/mol. The van der Waals surface area contributed by atoms with Gasteiger partial charge >= 0.3 is 6.09 Å². The molecule has 0 aromatic carbocycles. The molecule has 1 aliphatic rings. The number of nitrogens with one attached hydrogen (secondary N) is 1. The molecule has 1 amide bonds. The summed E-state index contributed by atoms with van der Waals surface area (Å²) in [6, 6.07) is -0.341. The Morgan fingerprint density at radius 2 is 1.54 bits per heavy atom. The Bertz CT molecular complexity index is 708. The molecular formula is C26H54N2O5Si2. The molecule has 0 spiro atoms. The highest BCUT2D eigenvalue weighted by Gasteiger charge is 2.47. The van der Waals surface area contributed by atoms with E-state index in [1.54, 1.807) is 11.0 Å². The van der Waals surface area contributed by atoms with Crippen molar-refractivity contribution < 1.29 is 23.2 Å². The maximum absolute atomic E-state index is 13.3. The molecule has 0 radical (unpaired) electrons. The molecule has 1 fully saturated rings. The summed E-state index contributed by atoms with van der Waals surface area (Å²) in [4.78, 5) is 20.8. The zero-order valence-corrected chi connectivity index (χ0v) is 26.8. The average Bonchev–Trinajstić information content (AvgIpc) is 2.64. The molecule has 0 aromatic heterocycles. The van der Waals surface area contributed by atoms with Crippen LogP contribution in [0.15, 0.2) is 12.7 Å². The SMILES string of the molecule is C=CCON[C@H]1CN(C(=O)OC(C)(C)C)[C@H](CO[Si](C)(C)C(C)(C)C)C[C@@H]1O[Si](C)(C)C(C)(C)C. The van der Waals surface area contributed by atoms with Crippen LogP contribution in [-0.2, 0) is 18.4 Å². The molecule has 1 aliphatic heterocycles. The Labute approximate surface area is 217 Å². The van der Waals surface area contributed by atoms with Gasteiger partial charge in [0.1, 0.15) is 5.60 Å². The first-order valence-corrected chi connectivity index (χ1v) is 18.7.